The normalized spacial score (nSPS) is 10.4. The molecule has 100 valence electrons. The molecule has 0 unspecified atom stereocenters. The highest BCUT2D eigenvalue weighted by atomic mass is 35.5. The van der Waals surface area contributed by atoms with E-state index in [-0.39, 0.29) is 5.91 Å². The van der Waals surface area contributed by atoms with Crippen molar-refractivity contribution in [3.63, 3.8) is 0 Å². The number of hydrogen-bond acceptors (Lipinski definition) is 2. The van der Waals surface area contributed by atoms with Crippen molar-refractivity contribution in [1.82, 2.24) is 10.2 Å². The minimum absolute atomic E-state index is 0.0862. The van der Waals surface area contributed by atoms with Gasteiger partial charge in [-0.2, -0.15) is 5.10 Å². The summed E-state index contributed by atoms with van der Waals surface area (Å²) in [6.07, 6.45) is 2.29. The van der Waals surface area contributed by atoms with Crippen LogP contribution >= 0.6 is 11.6 Å². The van der Waals surface area contributed by atoms with Gasteiger partial charge < -0.3 is 5.32 Å². The Morgan fingerprint density at radius 2 is 2.11 bits per heavy atom. The number of benzene rings is 1. The molecule has 0 radical (unpaired) electrons. The second-order valence-electron chi connectivity index (χ2n) is 4.38. The van der Waals surface area contributed by atoms with Crippen LogP contribution in [-0.2, 0) is 17.6 Å². The molecule has 0 aliphatic rings. The SMILES string of the molecule is CCCc1cc(NC(=O)Cc2ccc(Cl)cc2)n[nH]1. The Morgan fingerprint density at radius 3 is 2.79 bits per heavy atom. The predicted octanol–water partition coefficient (Wildman–Crippen LogP) is 3.20. The summed E-state index contributed by atoms with van der Waals surface area (Å²) >= 11 is 5.80. The zero-order valence-electron chi connectivity index (χ0n) is 10.7. The van der Waals surface area contributed by atoms with Gasteiger partial charge in [0.05, 0.1) is 6.42 Å². The molecule has 1 heterocycles. The van der Waals surface area contributed by atoms with Gasteiger partial charge >= 0.3 is 0 Å². The third kappa shape index (κ3) is 4.10. The molecule has 4 nitrogen and oxygen atoms in total. The number of halogens is 1. The molecule has 0 aliphatic heterocycles. The van der Waals surface area contributed by atoms with Crippen LogP contribution in [-0.4, -0.2) is 16.1 Å². The van der Waals surface area contributed by atoms with E-state index in [1.165, 1.54) is 0 Å². The number of nitrogens with zero attached hydrogens (tertiary/aromatic N) is 1. The number of aromatic amines is 1. The number of aryl methyl sites for hydroxylation is 1. The summed E-state index contributed by atoms with van der Waals surface area (Å²) < 4.78 is 0. The van der Waals surface area contributed by atoms with E-state index in [4.69, 9.17) is 11.6 Å². The Kier molecular flexibility index (Phi) is 4.58. The average molecular weight is 278 g/mol. The van der Waals surface area contributed by atoms with Gasteiger partial charge in [-0.25, -0.2) is 0 Å². The number of anilines is 1. The van der Waals surface area contributed by atoms with Crippen LogP contribution < -0.4 is 5.32 Å². The molecule has 19 heavy (non-hydrogen) atoms. The molecule has 0 spiro atoms. The molecule has 0 aliphatic carbocycles. The quantitative estimate of drug-likeness (QED) is 0.882. The molecule has 0 fully saturated rings. The van der Waals surface area contributed by atoms with Gasteiger partial charge in [0.1, 0.15) is 0 Å². The van der Waals surface area contributed by atoms with Crippen LogP contribution in [0.15, 0.2) is 30.3 Å². The van der Waals surface area contributed by atoms with Gasteiger partial charge in [-0.15, -0.1) is 0 Å². The van der Waals surface area contributed by atoms with Crippen molar-refractivity contribution in [2.75, 3.05) is 5.32 Å². The van der Waals surface area contributed by atoms with Crippen LogP contribution in [0.5, 0.6) is 0 Å². The maximum absolute atomic E-state index is 11.8. The summed E-state index contributed by atoms with van der Waals surface area (Å²) in [6, 6.07) is 9.10. The number of H-pyrrole nitrogens is 1. The maximum atomic E-state index is 11.8. The highest BCUT2D eigenvalue weighted by Crippen LogP contribution is 2.11. The first-order valence-electron chi connectivity index (χ1n) is 6.26. The van der Waals surface area contributed by atoms with Crippen LogP contribution in [0, 0.1) is 0 Å². The van der Waals surface area contributed by atoms with E-state index in [2.05, 4.69) is 22.4 Å². The zero-order chi connectivity index (χ0) is 13.7. The summed E-state index contributed by atoms with van der Waals surface area (Å²) in [5, 5.41) is 10.4. The summed E-state index contributed by atoms with van der Waals surface area (Å²) in [6.45, 7) is 2.10. The summed E-state index contributed by atoms with van der Waals surface area (Å²) in [7, 11) is 0. The predicted molar refractivity (Wildman–Crippen MR) is 76.4 cm³/mol. The second-order valence-corrected chi connectivity index (χ2v) is 4.82. The molecule has 2 rings (SSSR count). The standard InChI is InChI=1S/C14H16ClN3O/c1-2-3-12-9-13(18-17-12)16-14(19)8-10-4-6-11(15)7-5-10/h4-7,9H,2-3,8H2,1H3,(H2,16,17,18,19). The lowest BCUT2D eigenvalue weighted by molar-refractivity contribution is -0.115. The Morgan fingerprint density at radius 1 is 1.37 bits per heavy atom. The topological polar surface area (TPSA) is 57.8 Å². The van der Waals surface area contributed by atoms with Crippen molar-refractivity contribution < 1.29 is 4.79 Å². The minimum Gasteiger partial charge on any atom is -0.309 e. The van der Waals surface area contributed by atoms with E-state index in [1.807, 2.05) is 18.2 Å². The van der Waals surface area contributed by atoms with Crippen molar-refractivity contribution in [1.29, 1.82) is 0 Å². The van der Waals surface area contributed by atoms with Gasteiger partial charge in [-0.3, -0.25) is 9.89 Å². The highest BCUT2D eigenvalue weighted by Gasteiger charge is 2.07. The molecule has 1 aromatic heterocycles. The van der Waals surface area contributed by atoms with Crippen LogP contribution in [0.3, 0.4) is 0 Å². The molecule has 0 bridgehead atoms. The molecular weight excluding hydrogens is 262 g/mol. The Labute approximate surface area is 117 Å². The first kappa shape index (κ1) is 13.6. The highest BCUT2D eigenvalue weighted by molar-refractivity contribution is 6.30. The maximum Gasteiger partial charge on any atom is 0.229 e. The van der Waals surface area contributed by atoms with Gasteiger partial charge in [-0.1, -0.05) is 37.1 Å². The Hall–Kier alpha value is -1.81. The monoisotopic (exact) mass is 277 g/mol. The number of nitrogens with one attached hydrogen (secondary N) is 2. The summed E-state index contributed by atoms with van der Waals surface area (Å²) in [4.78, 5) is 11.8. The number of aromatic nitrogens is 2. The number of carbonyl (C=O) groups excluding carboxylic acids is 1. The van der Waals surface area contributed by atoms with E-state index in [0.29, 0.717) is 17.3 Å². The second kappa shape index (κ2) is 6.38. The fourth-order valence-corrected chi connectivity index (χ4v) is 1.92. The first-order chi connectivity index (χ1) is 9.17. The van der Waals surface area contributed by atoms with E-state index < -0.39 is 0 Å². The molecule has 0 saturated carbocycles. The van der Waals surface area contributed by atoms with Gasteiger partial charge in [0.2, 0.25) is 5.91 Å². The van der Waals surface area contributed by atoms with E-state index >= 15 is 0 Å². The Balaban J connectivity index is 1.91. The van der Waals surface area contributed by atoms with Gasteiger partial charge in [0, 0.05) is 16.8 Å². The lowest BCUT2D eigenvalue weighted by atomic mass is 10.1. The molecule has 0 atom stereocenters. The lowest BCUT2D eigenvalue weighted by Gasteiger charge is -2.02. The smallest absolute Gasteiger partial charge is 0.229 e. The fraction of sp³-hybridized carbons (Fsp3) is 0.286. The van der Waals surface area contributed by atoms with Gasteiger partial charge in [0.15, 0.2) is 5.82 Å². The Bertz CT molecular complexity index is 548. The molecular formula is C14H16ClN3O. The van der Waals surface area contributed by atoms with E-state index in [1.54, 1.807) is 12.1 Å². The molecule has 5 heteroatoms. The lowest BCUT2D eigenvalue weighted by Crippen LogP contribution is -2.14. The van der Waals surface area contributed by atoms with Gasteiger partial charge in [0.25, 0.3) is 0 Å². The summed E-state index contributed by atoms with van der Waals surface area (Å²) in [5.41, 5.74) is 1.95. The van der Waals surface area contributed by atoms with Crippen molar-refractivity contribution in [3.05, 3.63) is 46.6 Å². The minimum atomic E-state index is -0.0862. The number of rotatable bonds is 5. The summed E-state index contributed by atoms with van der Waals surface area (Å²) in [5.74, 6) is 0.485. The number of hydrogen-bond donors (Lipinski definition) is 2. The van der Waals surface area contributed by atoms with Crippen LogP contribution in [0.2, 0.25) is 5.02 Å². The number of carbonyl (C=O) groups is 1. The third-order valence-electron chi connectivity index (χ3n) is 2.70. The molecule has 0 saturated heterocycles. The molecule has 1 aromatic carbocycles. The van der Waals surface area contributed by atoms with Crippen molar-refractivity contribution in [3.8, 4) is 0 Å². The van der Waals surface area contributed by atoms with Crippen LogP contribution in [0.4, 0.5) is 5.82 Å². The average Bonchev–Trinajstić information content (AvgIpc) is 2.80. The number of amides is 1. The first-order valence-corrected chi connectivity index (χ1v) is 6.63. The molecule has 2 aromatic rings. The zero-order valence-corrected chi connectivity index (χ0v) is 11.5. The molecule has 2 N–H and O–H groups in total. The van der Waals surface area contributed by atoms with Crippen LogP contribution in [0.1, 0.15) is 24.6 Å². The van der Waals surface area contributed by atoms with Gasteiger partial charge in [-0.05, 0) is 24.1 Å². The largest absolute Gasteiger partial charge is 0.309 e. The van der Waals surface area contributed by atoms with Crippen molar-refractivity contribution in [2.45, 2.75) is 26.2 Å². The van der Waals surface area contributed by atoms with Crippen LogP contribution in [0.25, 0.3) is 0 Å². The van der Waals surface area contributed by atoms with Crippen molar-refractivity contribution >= 4 is 23.3 Å². The molecule has 1 amide bonds. The van der Waals surface area contributed by atoms with Crippen molar-refractivity contribution in [2.24, 2.45) is 0 Å². The van der Waals surface area contributed by atoms with E-state index in [9.17, 15) is 4.79 Å². The van der Waals surface area contributed by atoms with E-state index in [0.717, 1.165) is 24.1 Å². The third-order valence-corrected chi connectivity index (χ3v) is 2.95. The fourth-order valence-electron chi connectivity index (χ4n) is 1.80.